The van der Waals surface area contributed by atoms with E-state index in [2.05, 4.69) is 12.2 Å². The number of carbonyl (C=O) groups excluding carboxylic acids is 2. The summed E-state index contributed by atoms with van der Waals surface area (Å²) in [5.74, 6) is -2.57. The number of allylic oxidation sites excluding steroid dienone is 2. The second-order valence-corrected chi connectivity index (χ2v) is 8.36. The Bertz CT molecular complexity index is 782. The number of thiophene rings is 1. The summed E-state index contributed by atoms with van der Waals surface area (Å²) < 4.78 is 5.22. The predicted molar refractivity (Wildman–Crippen MR) is 103 cm³/mol. The lowest BCUT2D eigenvalue weighted by molar-refractivity contribution is -0.146. The van der Waals surface area contributed by atoms with Gasteiger partial charge in [-0.1, -0.05) is 19.1 Å². The van der Waals surface area contributed by atoms with Crippen molar-refractivity contribution in [2.24, 2.45) is 17.8 Å². The molecule has 2 aliphatic carbocycles. The van der Waals surface area contributed by atoms with Gasteiger partial charge in [0.05, 0.1) is 24.0 Å². The number of esters is 1. The number of fused-ring (bicyclic) bond motifs is 1. The summed E-state index contributed by atoms with van der Waals surface area (Å²) in [7, 11) is 0. The molecule has 0 spiro atoms. The quantitative estimate of drug-likeness (QED) is 0.590. The van der Waals surface area contributed by atoms with Gasteiger partial charge in [0.2, 0.25) is 5.91 Å². The number of ether oxygens (including phenoxy) is 1. The van der Waals surface area contributed by atoms with Gasteiger partial charge in [-0.05, 0) is 50.5 Å². The van der Waals surface area contributed by atoms with Gasteiger partial charge in [-0.2, -0.15) is 0 Å². The monoisotopic (exact) mass is 391 g/mol. The zero-order valence-electron chi connectivity index (χ0n) is 15.6. The maximum atomic E-state index is 12.8. The van der Waals surface area contributed by atoms with E-state index in [0.29, 0.717) is 29.3 Å². The number of carbonyl (C=O) groups is 3. The summed E-state index contributed by atoms with van der Waals surface area (Å²) in [6, 6.07) is 0. The van der Waals surface area contributed by atoms with Gasteiger partial charge in [0, 0.05) is 4.88 Å². The van der Waals surface area contributed by atoms with Crippen LogP contribution in [-0.4, -0.2) is 29.6 Å². The Balaban J connectivity index is 1.89. The van der Waals surface area contributed by atoms with Crippen molar-refractivity contribution in [3.63, 3.8) is 0 Å². The second-order valence-electron chi connectivity index (χ2n) is 7.26. The largest absolute Gasteiger partial charge is 0.481 e. The van der Waals surface area contributed by atoms with Gasteiger partial charge in [-0.25, -0.2) is 4.79 Å². The molecule has 3 unspecified atom stereocenters. The Morgan fingerprint density at radius 1 is 1.26 bits per heavy atom. The zero-order valence-corrected chi connectivity index (χ0v) is 16.4. The molecule has 1 aromatic rings. The standard InChI is InChI=1S/C20H25NO5S/c1-3-26-20(25)16-14-9-8-11(2)10-15(14)27-18(16)21-17(22)12-6-4-5-7-13(12)19(23)24/h4-5,11-13H,3,6-10H2,1-2H3,(H,21,22)(H,23,24). The van der Waals surface area contributed by atoms with Gasteiger partial charge in [0.25, 0.3) is 0 Å². The third-order valence-electron chi connectivity index (χ3n) is 5.31. The Kier molecular flexibility index (Phi) is 5.99. The van der Waals surface area contributed by atoms with Crippen LogP contribution in [-0.2, 0) is 27.2 Å². The molecule has 0 radical (unpaired) electrons. The minimum atomic E-state index is -0.968. The van der Waals surface area contributed by atoms with Crippen LogP contribution in [0.5, 0.6) is 0 Å². The van der Waals surface area contributed by atoms with E-state index >= 15 is 0 Å². The van der Waals surface area contributed by atoms with Crippen molar-refractivity contribution >= 4 is 34.2 Å². The van der Waals surface area contributed by atoms with Gasteiger partial charge in [0.15, 0.2) is 0 Å². The smallest absolute Gasteiger partial charge is 0.341 e. The van der Waals surface area contributed by atoms with E-state index in [0.717, 1.165) is 29.7 Å². The molecule has 6 nitrogen and oxygen atoms in total. The Labute approximate surface area is 162 Å². The maximum absolute atomic E-state index is 12.8. The highest BCUT2D eigenvalue weighted by Crippen LogP contribution is 2.40. The fourth-order valence-electron chi connectivity index (χ4n) is 3.84. The molecule has 7 heteroatoms. The first-order chi connectivity index (χ1) is 12.9. The molecule has 0 saturated carbocycles. The summed E-state index contributed by atoms with van der Waals surface area (Å²) in [6.45, 7) is 4.20. The van der Waals surface area contributed by atoms with Crippen LogP contribution in [0.2, 0.25) is 0 Å². The summed E-state index contributed by atoms with van der Waals surface area (Å²) in [5, 5.41) is 12.8. The number of carboxylic acid groups (broad SMARTS) is 1. The van der Waals surface area contributed by atoms with Crippen molar-refractivity contribution in [1.29, 1.82) is 0 Å². The van der Waals surface area contributed by atoms with Crippen molar-refractivity contribution < 1.29 is 24.2 Å². The molecule has 27 heavy (non-hydrogen) atoms. The number of aliphatic carboxylic acids is 1. The van der Waals surface area contributed by atoms with Crippen molar-refractivity contribution in [1.82, 2.24) is 0 Å². The van der Waals surface area contributed by atoms with E-state index in [1.807, 2.05) is 6.08 Å². The van der Waals surface area contributed by atoms with Crippen LogP contribution in [0, 0.1) is 17.8 Å². The van der Waals surface area contributed by atoms with Crippen LogP contribution < -0.4 is 5.32 Å². The number of nitrogens with one attached hydrogen (secondary N) is 1. The molecule has 146 valence electrons. The SMILES string of the molecule is CCOC(=O)c1c(NC(=O)C2CC=CCC2C(=O)O)sc2c1CCC(C)C2. The van der Waals surface area contributed by atoms with Crippen LogP contribution in [0.1, 0.15) is 53.9 Å². The molecule has 0 aromatic carbocycles. The van der Waals surface area contributed by atoms with Crippen LogP contribution in [0.25, 0.3) is 0 Å². The van der Waals surface area contributed by atoms with E-state index in [1.165, 1.54) is 11.3 Å². The molecule has 1 heterocycles. The maximum Gasteiger partial charge on any atom is 0.341 e. The van der Waals surface area contributed by atoms with Gasteiger partial charge < -0.3 is 15.2 Å². The zero-order chi connectivity index (χ0) is 19.6. The first-order valence-electron chi connectivity index (χ1n) is 9.42. The van der Waals surface area contributed by atoms with Gasteiger partial charge in [0.1, 0.15) is 5.00 Å². The first kappa shape index (κ1) is 19.6. The fourth-order valence-corrected chi connectivity index (χ4v) is 5.24. The molecule has 1 amide bonds. The first-order valence-corrected chi connectivity index (χ1v) is 10.2. The molecule has 0 bridgehead atoms. The summed E-state index contributed by atoms with van der Waals surface area (Å²) in [4.78, 5) is 38.0. The number of anilines is 1. The third-order valence-corrected chi connectivity index (χ3v) is 6.48. The van der Waals surface area contributed by atoms with Crippen molar-refractivity contribution in [3.05, 3.63) is 28.2 Å². The highest BCUT2D eigenvalue weighted by Gasteiger charge is 2.36. The highest BCUT2D eigenvalue weighted by molar-refractivity contribution is 7.17. The molecule has 1 aromatic heterocycles. The number of hydrogen-bond donors (Lipinski definition) is 2. The minimum absolute atomic E-state index is 0.266. The number of hydrogen-bond acceptors (Lipinski definition) is 5. The Morgan fingerprint density at radius 3 is 2.63 bits per heavy atom. The van der Waals surface area contributed by atoms with Crippen LogP contribution >= 0.6 is 11.3 Å². The second kappa shape index (κ2) is 8.25. The van der Waals surface area contributed by atoms with E-state index in [1.54, 1.807) is 13.0 Å². The Hall–Kier alpha value is -2.15. The Morgan fingerprint density at radius 2 is 1.96 bits per heavy atom. The molecular weight excluding hydrogens is 366 g/mol. The lowest BCUT2D eigenvalue weighted by Gasteiger charge is -2.24. The average molecular weight is 391 g/mol. The van der Waals surface area contributed by atoms with Crippen molar-refractivity contribution in [2.75, 3.05) is 11.9 Å². The summed E-state index contributed by atoms with van der Waals surface area (Å²) >= 11 is 1.42. The van der Waals surface area contributed by atoms with E-state index in [4.69, 9.17) is 4.74 Å². The van der Waals surface area contributed by atoms with Crippen molar-refractivity contribution in [3.8, 4) is 0 Å². The van der Waals surface area contributed by atoms with Crippen molar-refractivity contribution in [2.45, 2.75) is 46.0 Å². The number of carboxylic acids is 1. The molecular formula is C20H25NO5S. The van der Waals surface area contributed by atoms with E-state index in [9.17, 15) is 19.5 Å². The topological polar surface area (TPSA) is 92.7 Å². The number of rotatable bonds is 5. The summed E-state index contributed by atoms with van der Waals surface area (Å²) in [6.07, 6.45) is 7.05. The molecule has 2 aliphatic rings. The average Bonchev–Trinajstić information content (AvgIpc) is 2.98. The lowest BCUT2D eigenvalue weighted by atomic mass is 9.82. The molecule has 2 N–H and O–H groups in total. The molecule has 3 atom stereocenters. The van der Waals surface area contributed by atoms with E-state index < -0.39 is 23.8 Å². The van der Waals surface area contributed by atoms with Crippen LogP contribution in [0.3, 0.4) is 0 Å². The van der Waals surface area contributed by atoms with Crippen LogP contribution in [0.4, 0.5) is 5.00 Å². The van der Waals surface area contributed by atoms with E-state index in [-0.39, 0.29) is 12.5 Å². The summed E-state index contributed by atoms with van der Waals surface area (Å²) in [5.41, 5.74) is 1.43. The normalized spacial score (nSPS) is 24.1. The molecule has 3 rings (SSSR count). The fraction of sp³-hybridized carbons (Fsp3) is 0.550. The molecule has 0 aliphatic heterocycles. The number of amides is 1. The van der Waals surface area contributed by atoms with Gasteiger partial charge in [-0.3, -0.25) is 9.59 Å². The van der Waals surface area contributed by atoms with Crippen LogP contribution in [0.15, 0.2) is 12.2 Å². The van der Waals surface area contributed by atoms with Gasteiger partial charge >= 0.3 is 11.9 Å². The molecule has 0 saturated heterocycles. The highest BCUT2D eigenvalue weighted by atomic mass is 32.1. The minimum Gasteiger partial charge on any atom is -0.481 e. The molecule has 0 fully saturated rings. The van der Waals surface area contributed by atoms with Gasteiger partial charge in [-0.15, -0.1) is 11.3 Å². The third kappa shape index (κ3) is 4.08. The predicted octanol–water partition coefficient (Wildman–Crippen LogP) is 3.66. The lowest BCUT2D eigenvalue weighted by Crippen LogP contribution is -2.34.